The summed E-state index contributed by atoms with van der Waals surface area (Å²) in [6.45, 7) is 0.163. The molecular formula is C20H20N2O6S. The molecule has 9 heteroatoms. The van der Waals surface area contributed by atoms with Gasteiger partial charge in [0.25, 0.3) is 5.91 Å². The Kier molecular flexibility index (Phi) is 5.14. The first-order chi connectivity index (χ1) is 13.9. The number of methoxy groups -OCH3 is 1. The van der Waals surface area contributed by atoms with Gasteiger partial charge in [0.1, 0.15) is 11.5 Å². The number of amides is 1. The summed E-state index contributed by atoms with van der Waals surface area (Å²) in [5.74, 6) is 1.32. The first kappa shape index (κ1) is 19.3. The lowest BCUT2D eigenvalue weighted by molar-refractivity contribution is 0.0655. The zero-order chi connectivity index (χ0) is 20.4. The highest BCUT2D eigenvalue weighted by atomic mass is 32.2. The van der Waals surface area contributed by atoms with Crippen LogP contribution in [0.5, 0.6) is 5.75 Å². The lowest BCUT2D eigenvalue weighted by Crippen LogP contribution is -2.40. The van der Waals surface area contributed by atoms with Crippen molar-refractivity contribution in [2.75, 3.05) is 18.6 Å². The van der Waals surface area contributed by atoms with E-state index in [1.54, 1.807) is 49.6 Å². The van der Waals surface area contributed by atoms with Crippen molar-refractivity contribution < 1.29 is 26.9 Å². The summed E-state index contributed by atoms with van der Waals surface area (Å²) in [6, 6.07) is 11.8. The number of sulfone groups is 1. The molecule has 29 heavy (non-hydrogen) atoms. The van der Waals surface area contributed by atoms with Crippen LogP contribution >= 0.6 is 0 Å². The van der Waals surface area contributed by atoms with Crippen molar-refractivity contribution in [1.29, 1.82) is 0 Å². The molecular weight excluding hydrogens is 396 g/mol. The highest BCUT2D eigenvalue weighted by Crippen LogP contribution is 2.26. The van der Waals surface area contributed by atoms with Crippen LogP contribution in [0.1, 0.15) is 22.7 Å². The van der Waals surface area contributed by atoms with Crippen molar-refractivity contribution in [2.24, 2.45) is 0 Å². The second-order valence-electron chi connectivity index (χ2n) is 6.87. The minimum absolute atomic E-state index is 0.0650. The zero-order valence-electron chi connectivity index (χ0n) is 15.8. The predicted molar refractivity (Wildman–Crippen MR) is 104 cm³/mol. The topological polar surface area (TPSA) is 103 Å². The number of rotatable bonds is 6. The third-order valence-corrected chi connectivity index (χ3v) is 6.67. The number of hydrogen-bond donors (Lipinski definition) is 0. The Balaban J connectivity index is 1.59. The van der Waals surface area contributed by atoms with E-state index in [0.717, 1.165) is 5.56 Å². The standard InChI is InChI=1S/C20H20N2O6S/c1-26-16-6-4-14(5-7-16)19-11-18(21-28-19)20(23)22(12-17-3-2-9-27-17)15-8-10-29(24,25)13-15/h2-7,9,11,15H,8,10,12-13H2,1H3. The van der Waals surface area contributed by atoms with E-state index in [2.05, 4.69) is 5.16 Å². The van der Waals surface area contributed by atoms with Crippen LogP contribution in [-0.4, -0.2) is 49.0 Å². The van der Waals surface area contributed by atoms with Gasteiger partial charge in [-0.15, -0.1) is 0 Å². The number of nitrogens with zero attached hydrogens (tertiary/aromatic N) is 2. The van der Waals surface area contributed by atoms with Crippen LogP contribution < -0.4 is 4.74 Å². The van der Waals surface area contributed by atoms with Gasteiger partial charge in [0.2, 0.25) is 0 Å². The molecule has 0 N–H and O–H groups in total. The van der Waals surface area contributed by atoms with E-state index in [1.807, 2.05) is 0 Å². The molecule has 1 atom stereocenters. The summed E-state index contributed by atoms with van der Waals surface area (Å²) >= 11 is 0. The summed E-state index contributed by atoms with van der Waals surface area (Å²) in [5.41, 5.74) is 0.866. The molecule has 8 nitrogen and oxygen atoms in total. The summed E-state index contributed by atoms with van der Waals surface area (Å²) in [4.78, 5) is 14.7. The molecule has 0 bridgehead atoms. The van der Waals surface area contributed by atoms with Crippen LogP contribution in [0.25, 0.3) is 11.3 Å². The minimum Gasteiger partial charge on any atom is -0.497 e. The number of furan rings is 1. The van der Waals surface area contributed by atoms with Crippen molar-refractivity contribution in [2.45, 2.75) is 19.0 Å². The number of hydrogen-bond acceptors (Lipinski definition) is 7. The van der Waals surface area contributed by atoms with Crippen LogP contribution in [0.2, 0.25) is 0 Å². The monoisotopic (exact) mass is 416 g/mol. The lowest BCUT2D eigenvalue weighted by atomic mass is 10.1. The number of ether oxygens (including phenoxy) is 1. The molecule has 3 aromatic rings. The molecule has 1 aliphatic heterocycles. The molecule has 1 saturated heterocycles. The number of carbonyl (C=O) groups is 1. The first-order valence-electron chi connectivity index (χ1n) is 9.10. The Hall–Kier alpha value is -3.07. The van der Waals surface area contributed by atoms with E-state index >= 15 is 0 Å². The Bertz CT molecular complexity index is 1090. The molecule has 2 aromatic heterocycles. The predicted octanol–water partition coefficient (Wildman–Crippen LogP) is 2.77. The Morgan fingerprint density at radius 3 is 2.69 bits per heavy atom. The van der Waals surface area contributed by atoms with Crippen molar-refractivity contribution in [1.82, 2.24) is 10.1 Å². The fourth-order valence-corrected chi connectivity index (χ4v) is 5.10. The van der Waals surface area contributed by atoms with Gasteiger partial charge in [0, 0.05) is 17.7 Å². The van der Waals surface area contributed by atoms with Gasteiger partial charge in [-0.25, -0.2) is 8.42 Å². The second-order valence-corrected chi connectivity index (χ2v) is 9.10. The van der Waals surface area contributed by atoms with Gasteiger partial charge in [-0.1, -0.05) is 5.16 Å². The summed E-state index contributed by atoms with van der Waals surface area (Å²) < 4.78 is 39.7. The molecule has 152 valence electrons. The molecule has 1 amide bonds. The molecule has 0 saturated carbocycles. The third kappa shape index (κ3) is 4.19. The van der Waals surface area contributed by atoms with Gasteiger partial charge in [0.15, 0.2) is 21.3 Å². The van der Waals surface area contributed by atoms with E-state index in [9.17, 15) is 13.2 Å². The average Bonchev–Trinajstić information content (AvgIpc) is 3.47. The van der Waals surface area contributed by atoms with E-state index in [1.165, 1.54) is 11.2 Å². The van der Waals surface area contributed by atoms with Gasteiger partial charge in [0.05, 0.1) is 31.4 Å². The highest BCUT2D eigenvalue weighted by molar-refractivity contribution is 7.91. The van der Waals surface area contributed by atoms with Gasteiger partial charge in [-0.2, -0.15) is 0 Å². The highest BCUT2D eigenvalue weighted by Gasteiger charge is 2.36. The molecule has 0 radical (unpaired) electrons. The van der Waals surface area contributed by atoms with Crippen LogP contribution in [-0.2, 0) is 16.4 Å². The summed E-state index contributed by atoms with van der Waals surface area (Å²) in [6.07, 6.45) is 1.90. The SMILES string of the molecule is COc1ccc(-c2cc(C(=O)N(Cc3ccco3)C3CCS(=O)(=O)C3)no2)cc1. The molecule has 4 rings (SSSR count). The molecule has 1 unspecified atom stereocenters. The molecule has 1 aliphatic rings. The number of benzene rings is 1. The number of carbonyl (C=O) groups excluding carboxylic acids is 1. The number of aromatic nitrogens is 1. The largest absolute Gasteiger partial charge is 0.497 e. The van der Waals surface area contributed by atoms with Gasteiger partial charge in [-0.3, -0.25) is 4.79 Å². The summed E-state index contributed by atoms with van der Waals surface area (Å²) in [7, 11) is -1.58. The molecule has 1 fully saturated rings. The normalized spacial score (nSPS) is 17.9. The summed E-state index contributed by atoms with van der Waals surface area (Å²) in [5, 5.41) is 3.92. The minimum atomic E-state index is -3.16. The molecule has 0 spiro atoms. The zero-order valence-corrected chi connectivity index (χ0v) is 16.6. The van der Waals surface area contributed by atoms with Crippen molar-refractivity contribution in [3.63, 3.8) is 0 Å². The third-order valence-electron chi connectivity index (χ3n) is 4.92. The maximum absolute atomic E-state index is 13.2. The fraction of sp³-hybridized carbons (Fsp3) is 0.300. The van der Waals surface area contributed by atoms with Crippen LogP contribution in [0.4, 0.5) is 0 Å². The van der Waals surface area contributed by atoms with Crippen LogP contribution in [0.3, 0.4) is 0 Å². The molecule has 0 aliphatic carbocycles. The maximum atomic E-state index is 13.2. The van der Waals surface area contributed by atoms with Crippen LogP contribution in [0.15, 0.2) is 57.7 Å². The van der Waals surface area contributed by atoms with E-state index in [4.69, 9.17) is 13.7 Å². The fourth-order valence-electron chi connectivity index (χ4n) is 3.37. The Morgan fingerprint density at radius 1 is 1.28 bits per heavy atom. The van der Waals surface area contributed by atoms with Crippen LogP contribution in [0, 0.1) is 0 Å². The lowest BCUT2D eigenvalue weighted by Gasteiger charge is -2.26. The van der Waals surface area contributed by atoms with E-state index in [0.29, 0.717) is 23.7 Å². The molecule has 3 heterocycles. The van der Waals surface area contributed by atoms with Gasteiger partial charge >= 0.3 is 0 Å². The van der Waals surface area contributed by atoms with E-state index in [-0.39, 0.29) is 23.7 Å². The first-order valence-corrected chi connectivity index (χ1v) is 10.9. The smallest absolute Gasteiger partial charge is 0.276 e. The van der Waals surface area contributed by atoms with Crippen molar-refractivity contribution in [3.8, 4) is 17.1 Å². The molecule has 1 aromatic carbocycles. The van der Waals surface area contributed by atoms with Crippen molar-refractivity contribution in [3.05, 3.63) is 60.2 Å². The quantitative estimate of drug-likeness (QED) is 0.609. The maximum Gasteiger partial charge on any atom is 0.276 e. The second kappa shape index (κ2) is 7.75. The Morgan fingerprint density at radius 2 is 2.07 bits per heavy atom. The average molecular weight is 416 g/mol. The van der Waals surface area contributed by atoms with Gasteiger partial charge < -0.3 is 18.6 Å². The van der Waals surface area contributed by atoms with E-state index < -0.39 is 21.8 Å². The van der Waals surface area contributed by atoms with Crippen molar-refractivity contribution >= 4 is 15.7 Å². The van der Waals surface area contributed by atoms with Gasteiger partial charge in [-0.05, 0) is 42.8 Å². The Labute approximate surface area is 168 Å².